The lowest BCUT2D eigenvalue weighted by Crippen LogP contribution is -2.66. The normalized spacial score (nSPS) is 52.8. The first-order chi connectivity index (χ1) is 14.4. The molecular formula is C27H42O4. The Morgan fingerprint density at radius 1 is 1.06 bits per heavy atom. The van der Waals surface area contributed by atoms with Gasteiger partial charge in [-0.3, -0.25) is 4.79 Å². The fourth-order valence-electron chi connectivity index (χ4n) is 9.96. The van der Waals surface area contributed by atoms with Crippen LogP contribution in [0.5, 0.6) is 0 Å². The van der Waals surface area contributed by atoms with E-state index in [2.05, 4.69) is 40.7 Å². The molecule has 0 bridgehead atoms. The first-order valence-electron chi connectivity index (χ1n) is 12.6. The van der Waals surface area contributed by atoms with Gasteiger partial charge in [-0.05, 0) is 78.1 Å². The van der Waals surface area contributed by atoms with Crippen molar-refractivity contribution in [1.29, 1.82) is 0 Å². The van der Waals surface area contributed by atoms with Gasteiger partial charge in [0.15, 0.2) is 0 Å². The third kappa shape index (κ3) is 2.82. The van der Waals surface area contributed by atoms with Gasteiger partial charge in [-0.25, -0.2) is 0 Å². The van der Waals surface area contributed by atoms with E-state index in [1.54, 1.807) is 0 Å². The van der Waals surface area contributed by atoms with E-state index in [1.165, 1.54) is 44.6 Å². The van der Waals surface area contributed by atoms with Crippen LogP contribution in [0.1, 0.15) is 86.5 Å². The van der Waals surface area contributed by atoms with Crippen molar-refractivity contribution in [3.8, 4) is 0 Å². The van der Waals surface area contributed by atoms with Gasteiger partial charge >= 0.3 is 5.97 Å². The molecule has 0 unspecified atom stereocenters. The van der Waals surface area contributed by atoms with Crippen LogP contribution in [0.25, 0.3) is 0 Å². The maximum absolute atomic E-state index is 11.8. The third-order valence-electron chi connectivity index (χ3n) is 11.2. The van der Waals surface area contributed by atoms with Crippen molar-refractivity contribution in [1.82, 2.24) is 0 Å². The van der Waals surface area contributed by atoms with Crippen LogP contribution >= 0.6 is 0 Å². The predicted octanol–water partition coefficient (Wildman–Crippen LogP) is 5.49. The van der Waals surface area contributed by atoms with Gasteiger partial charge in [0, 0.05) is 12.3 Å². The van der Waals surface area contributed by atoms with Crippen molar-refractivity contribution in [2.45, 2.75) is 98.9 Å². The second kappa shape index (κ2) is 6.82. The van der Waals surface area contributed by atoms with Gasteiger partial charge in [0.05, 0.1) is 18.6 Å². The maximum atomic E-state index is 11.8. The summed E-state index contributed by atoms with van der Waals surface area (Å²) >= 11 is 0. The Hall–Kier alpha value is -0.870. The fraction of sp³-hybridized carbons (Fsp3) is 0.889. The molecule has 31 heavy (non-hydrogen) atoms. The van der Waals surface area contributed by atoms with Crippen LogP contribution in [-0.2, 0) is 14.3 Å². The molecule has 4 fully saturated rings. The molecular weight excluding hydrogens is 388 g/mol. The van der Waals surface area contributed by atoms with E-state index >= 15 is 0 Å². The van der Waals surface area contributed by atoms with Gasteiger partial charge in [-0.15, -0.1) is 0 Å². The summed E-state index contributed by atoms with van der Waals surface area (Å²) in [5, 5.41) is 11.8. The van der Waals surface area contributed by atoms with E-state index in [9.17, 15) is 9.90 Å². The first-order valence-corrected chi connectivity index (χ1v) is 12.6. The van der Waals surface area contributed by atoms with Gasteiger partial charge < -0.3 is 14.6 Å². The third-order valence-corrected chi connectivity index (χ3v) is 11.2. The SMILES string of the molecule is CC(=O)O[C@@H]1OCC2=CC[C@H]3[C@]4(C)CC[C@H]5C(C)(C)CCC[C@]5(C)[C@H]4C[C@@H](O)[C@]3(C)[C@H]21. The van der Waals surface area contributed by atoms with Gasteiger partial charge in [0.1, 0.15) is 0 Å². The smallest absolute Gasteiger partial charge is 0.304 e. The molecule has 4 heteroatoms. The lowest BCUT2D eigenvalue weighted by molar-refractivity contribution is -0.250. The summed E-state index contributed by atoms with van der Waals surface area (Å²) in [6.45, 7) is 14.3. The van der Waals surface area contributed by atoms with E-state index in [0.29, 0.717) is 29.3 Å². The van der Waals surface area contributed by atoms with Crippen LogP contribution < -0.4 is 0 Å². The van der Waals surface area contributed by atoms with Gasteiger partial charge in [-0.1, -0.05) is 47.1 Å². The van der Waals surface area contributed by atoms with Crippen LogP contribution in [0.3, 0.4) is 0 Å². The summed E-state index contributed by atoms with van der Waals surface area (Å²) in [6, 6.07) is 0. The van der Waals surface area contributed by atoms with Crippen LogP contribution in [0.4, 0.5) is 0 Å². The van der Waals surface area contributed by atoms with Crippen LogP contribution in [0.15, 0.2) is 11.6 Å². The molecule has 0 aromatic heterocycles. The number of carbonyl (C=O) groups excluding carboxylic acids is 1. The Labute approximate surface area is 188 Å². The molecule has 4 aliphatic carbocycles. The quantitative estimate of drug-likeness (QED) is 0.442. The summed E-state index contributed by atoms with van der Waals surface area (Å²) in [5.74, 6) is 1.32. The Kier molecular flexibility index (Phi) is 4.83. The van der Waals surface area contributed by atoms with Crippen molar-refractivity contribution < 1.29 is 19.4 Å². The highest BCUT2D eigenvalue weighted by molar-refractivity contribution is 5.66. The molecule has 1 saturated heterocycles. The van der Waals surface area contributed by atoms with Crippen LogP contribution in [0, 0.1) is 45.3 Å². The molecule has 3 saturated carbocycles. The highest BCUT2D eigenvalue weighted by Crippen LogP contribution is 2.73. The zero-order valence-electron chi connectivity index (χ0n) is 20.4. The zero-order valence-corrected chi connectivity index (χ0v) is 20.4. The highest BCUT2D eigenvalue weighted by Gasteiger charge is 2.69. The lowest BCUT2D eigenvalue weighted by Gasteiger charge is -2.70. The topological polar surface area (TPSA) is 55.8 Å². The molecule has 0 radical (unpaired) electrons. The zero-order chi connectivity index (χ0) is 22.4. The summed E-state index contributed by atoms with van der Waals surface area (Å²) in [5.41, 5.74) is 1.78. The number of hydrogen-bond donors (Lipinski definition) is 1. The van der Waals surface area contributed by atoms with Gasteiger partial charge in [-0.2, -0.15) is 0 Å². The molecule has 0 amide bonds. The lowest BCUT2D eigenvalue weighted by atomic mass is 9.34. The summed E-state index contributed by atoms with van der Waals surface area (Å²) in [6.07, 6.45) is 9.73. The van der Waals surface area contributed by atoms with Crippen molar-refractivity contribution >= 4 is 5.97 Å². The van der Waals surface area contributed by atoms with Gasteiger partial charge in [0.25, 0.3) is 0 Å². The molecule has 5 rings (SSSR count). The second-order valence-corrected chi connectivity index (χ2v) is 12.9. The Morgan fingerprint density at radius 2 is 1.77 bits per heavy atom. The molecule has 1 N–H and O–H groups in total. The number of ether oxygens (including phenoxy) is 2. The number of fused-ring (bicyclic) bond motifs is 7. The number of carbonyl (C=O) groups is 1. The Balaban J connectivity index is 1.56. The average Bonchev–Trinajstić information content (AvgIpc) is 3.06. The minimum Gasteiger partial charge on any atom is -0.435 e. The molecule has 9 atom stereocenters. The van der Waals surface area contributed by atoms with E-state index in [0.717, 1.165) is 18.8 Å². The number of hydrogen-bond acceptors (Lipinski definition) is 4. The Bertz CT molecular complexity index is 801. The molecule has 174 valence electrons. The molecule has 4 nitrogen and oxygen atoms in total. The van der Waals surface area contributed by atoms with Crippen molar-refractivity contribution in [3.05, 3.63) is 11.6 Å². The number of rotatable bonds is 1. The van der Waals surface area contributed by atoms with Crippen molar-refractivity contribution in [3.63, 3.8) is 0 Å². The number of aliphatic hydroxyl groups is 1. The molecule has 0 spiro atoms. The summed E-state index contributed by atoms with van der Waals surface area (Å²) in [4.78, 5) is 11.8. The summed E-state index contributed by atoms with van der Waals surface area (Å²) < 4.78 is 11.6. The Morgan fingerprint density at radius 3 is 2.48 bits per heavy atom. The van der Waals surface area contributed by atoms with Crippen LogP contribution in [-0.4, -0.2) is 30.1 Å². The fourth-order valence-corrected chi connectivity index (χ4v) is 9.96. The van der Waals surface area contributed by atoms with E-state index < -0.39 is 12.4 Å². The maximum Gasteiger partial charge on any atom is 0.304 e. The predicted molar refractivity (Wildman–Crippen MR) is 120 cm³/mol. The minimum atomic E-state index is -0.563. The van der Waals surface area contributed by atoms with E-state index in [4.69, 9.17) is 9.47 Å². The van der Waals surface area contributed by atoms with Crippen LogP contribution in [0.2, 0.25) is 0 Å². The van der Waals surface area contributed by atoms with Crippen molar-refractivity contribution in [2.24, 2.45) is 45.3 Å². The van der Waals surface area contributed by atoms with Crippen molar-refractivity contribution in [2.75, 3.05) is 6.61 Å². The largest absolute Gasteiger partial charge is 0.435 e. The van der Waals surface area contributed by atoms with Gasteiger partial charge in [0.2, 0.25) is 6.29 Å². The molecule has 1 aliphatic heterocycles. The molecule has 0 aromatic carbocycles. The minimum absolute atomic E-state index is 0.0312. The standard InChI is InChI=1S/C27H42O4/c1-16(28)31-23-22-17(15-30-23)8-9-19-26(5)13-10-18-24(2,3)11-7-12-25(18,4)20(26)14-21(29)27(19,22)6/h8,18-23,29H,7,9-15H2,1-6H3/t18-,19-,20+,21+,22+,23-,25-,26-,27+/m0/s1. The van der Waals surface area contributed by atoms with E-state index in [1.807, 2.05) is 0 Å². The second-order valence-electron chi connectivity index (χ2n) is 12.9. The highest BCUT2D eigenvalue weighted by atomic mass is 16.7. The monoisotopic (exact) mass is 430 g/mol. The van der Waals surface area contributed by atoms with E-state index in [-0.39, 0.29) is 22.7 Å². The molecule has 1 heterocycles. The first kappa shape index (κ1) is 21.9. The number of esters is 1. The molecule has 0 aromatic rings. The summed E-state index contributed by atoms with van der Waals surface area (Å²) in [7, 11) is 0. The average molecular weight is 431 g/mol. The molecule has 5 aliphatic rings. The number of aliphatic hydroxyl groups excluding tert-OH is 1. The number of allylic oxidation sites excluding steroid dienone is 1.